The first-order valence-corrected chi connectivity index (χ1v) is 10.2. The molecule has 31 heavy (non-hydrogen) atoms. The van der Waals surface area contributed by atoms with Gasteiger partial charge in [-0.3, -0.25) is 9.59 Å². The second kappa shape index (κ2) is 8.00. The number of aromatic nitrogens is 3. The quantitative estimate of drug-likeness (QED) is 0.492. The van der Waals surface area contributed by atoms with Gasteiger partial charge in [-0.25, -0.2) is 4.68 Å². The lowest BCUT2D eigenvalue weighted by Crippen LogP contribution is -2.27. The highest BCUT2D eigenvalue weighted by molar-refractivity contribution is 6.30. The number of carbonyl (C=O) groups excluding carboxylic acids is 1. The number of halogens is 1. The molecule has 2 aromatic carbocycles. The van der Waals surface area contributed by atoms with Gasteiger partial charge in [0.25, 0.3) is 5.56 Å². The van der Waals surface area contributed by atoms with Crippen molar-refractivity contribution in [1.29, 1.82) is 0 Å². The topological polar surface area (TPSA) is 90.0 Å². The Kier molecular flexibility index (Phi) is 5.37. The van der Waals surface area contributed by atoms with E-state index in [1.807, 2.05) is 44.2 Å². The van der Waals surface area contributed by atoms with E-state index in [1.165, 1.54) is 11.6 Å². The Hall–Kier alpha value is -3.45. The van der Waals surface area contributed by atoms with Crippen molar-refractivity contribution >= 4 is 34.2 Å². The number of hydrogen-bond donors (Lipinski definition) is 1. The summed E-state index contributed by atoms with van der Waals surface area (Å²) >= 11 is 6.02. The summed E-state index contributed by atoms with van der Waals surface area (Å²) in [5, 5.41) is 12.5. The second-order valence-electron chi connectivity index (χ2n) is 7.51. The van der Waals surface area contributed by atoms with Crippen LogP contribution in [0, 0.1) is 13.8 Å². The van der Waals surface area contributed by atoms with E-state index < -0.39 is 0 Å². The molecule has 1 amide bonds. The van der Waals surface area contributed by atoms with Crippen LogP contribution in [-0.2, 0) is 4.79 Å². The highest BCUT2D eigenvalue weighted by atomic mass is 35.5. The first-order chi connectivity index (χ1) is 14.8. The average Bonchev–Trinajstić information content (AvgIpc) is 3.12. The predicted molar refractivity (Wildman–Crippen MR) is 121 cm³/mol. The molecule has 0 radical (unpaired) electrons. The zero-order chi connectivity index (χ0) is 22.3. The number of nitrogens with one attached hydrogen (secondary N) is 1. The van der Waals surface area contributed by atoms with Crippen LogP contribution in [0.3, 0.4) is 0 Å². The number of hydrogen-bond acceptors (Lipinski definition) is 5. The van der Waals surface area contributed by atoms with Crippen LogP contribution in [0.25, 0.3) is 22.2 Å². The van der Waals surface area contributed by atoms with Crippen LogP contribution in [0.2, 0.25) is 5.02 Å². The lowest BCUT2D eigenvalue weighted by molar-refractivity contribution is -0.114. The van der Waals surface area contributed by atoms with Crippen molar-refractivity contribution in [2.24, 2.45) is 0 Å². The number of fused-ring (bicyclic) bond motifs is 1. The highest BCUT2D eigenvalue weighted by Crippen LogP contribution is 2.32. The molecule has 4 aromatic rings. The molecule has 2 aromatic heterocycles. The largest absolute Gasteiger partial charge is 0.353 e. The van der Waals surface area contributed by atoms with E-state index >= 15 is 0 Å². The van der Waals surface area contributed by atoms with E-state index in [4.69, 9.17) is 16.1 Å². The van der Waals surface area contributed by atoms with Gasteiger partial charge in [0.05, 0.1) is 11.7 Å². The van der Waals surface area contributed by atoms with Crippen molar-refractivity contribution in [3.63, 3.8) is 0 Å². The molecule has 0 aliphatic heterocycles. The van der Waals surface area contributed by atoms with E-state index in [0.717, 1.165) is 16.7 Å². The molecule has 0 saturated carbocycles. The molecule has 0 saturated heterocycles. The standard InChI is InChI=1S/C23H21ClN4O3/c1-12-5-10-18(25-15(4)29)11-19(12)21-22-20(13(2)27-31-22)23(30)28(26-21)14(3)16-6-8-17(24)9-7-16/h5-11,14H,1-4H3,(H,25,29). The molecule has 1 N–H and O–H groups in total. The first-order valence-electron chi connectivity index (χ1n) is 9.79. The van der Waals surface area contributed by atoms with Crippen LogP contribution < -0.4 is 10.9 Å². The van der Waals surface area contributed by atoms with Crippen LogP contribution >= 0.6 is 11.6 Å². The molecular weight excluding hydrogens is 416 g/mol. The Balaban J connectivity index is 1.97. The van der Waals surface area contributed by atoms with Gasteiger partial charge < -0.3 is 9.84 Å². The molecule has 1 unspecified atom stereocenters. The van der Waals surface area contributed by atoms with Crippen molar-refractivity contribution in [3.8, 4) is 11.3 Å². The van der Waals surface area contributed by atoms with Crippen LogP contribution in [0.1, 0.15) is 36.7 Å². The Bertz CT molecular complexity index is 1360. The van der Waals surface area contributed by atoms with Gasteiger partial charge in [-0.15, -0.1) is 0 Å². The minimum Gasteiger partial charge on any atom is -0.353 e. The maximum atomic E-state index is 13.3. The van der Waals surface area contributed by atoms with Crippen molar-refractivity contribution in [2.45, 2.75) is 33.7 Å². The molecule has 1 atom stereocenters. The summed E-state index contributed by atoms with van der Waals surface area (Å²) in [7, 11) is 0. The van der Waals surface area contributed by atoms with Crippen molar-refractivity contribution in [3.05, 3.63) is 74.7 Å². The Morgan fingerprint density at radius 2 is 1.87 bits per heavy atom. The number of rotatable bonds is 4. The lowest BCUT2D eigenvalue weighted by Gasteiger charge is -2.17. The third-order valence-electron chi connectivity index (χ3n) is 5.24. The summed E-state index contributed by atoms with van der Waals surface area (Å²) in [5.74, 6) is -0.176. The zero-order valence-corrected chi connectivity index (χ0v) is 18.3. The van der Waals surface area contributed by atoms with Crippen LogP contribution in [-0.4, -0.2) is 20.8 Å². The van der Waals surface area contributed by atoms with E-state index in [-0.39, 0.29) is 17.5 Å². The summed E-state index contributed by atoms with van der Waals surface area (Å²) in [4.78, 5) is 24.8. The van der Waals surface area contributed by atoms with Crippen LogP contribution in [0.15, 0.2) is 51.8 Å². The van der Waals surface area contributed by atoms with Crippen molar-refractivity contribution in [1.82, 2.24) is 14.9 Å². The van der Waals surface area contributed by atoms with Gasteiger partial charge in [0.1, 0.15) is 11.1 Å². The third kappa shape index (κ3) is 3.84. The number of aryl methyl sites for hydroxylation is 2. The molecule has 0 aliphatic rings. The maximum absolute atomic E-state index is 13.3. The molecule has 2 heterocycles. The number of carbonyl (C=O) groups is 1. The summed E-state index contributed by atoms with van der Waals surface area (Å²) in [5.41, 5.74) is 4.20. The molecular formula is C23H21ClN4O3. The SMILES string of the molecule is CC(=O)Nc1ccc(C)c(-c2nn(C(C)c3ccc(Cl)cc3)c(=O)c3c(C)noc23)c1. The highest BCUT2D eigenvalue weighted by Gasteiger charge is 2.23. The Morgan fingerprint density at radius 3 is 2.55 bits per heavy atom. The van der Waals surface area contributed by atoms with Gasteiger partial charge in [-0.05, 0) is 56.2 Å². The fraction of sp³-hybridized carbons (Fsp3) is 0.217. The molecule has 158 valence electrons. The molecule has 8 heteroatoms. The molecule has 7 nitrogen and oxygen atoms in total. The zero-order valence-electron chi connectivity index (χ0n) is 17.6. The van der Waals surface area contributed by atoms with Gasteiger partial charge in [0.2, 0.25) is 11.5 Å². The molecule has 0 fully saturated rings. The van der Waals surface area contributed by atoms with Gasteiger partial charge in [0.15, 0.2) is 0 Å². The number of anilines is 1. The fourth-order valence-corrected chi connectivity index (χ4v) is 3.70. The number of amides is 1. The van der Waals surface area contributed by atoms with Gasteiger partial charge in [0, 0.05) is 23.2 Å². The fourth-order valence-electron chi connectivity index (χ4n) is 3.58. The minimum absolute atomic E-state index is 0.176. The molecule has 4 rings (SSSR count). The predicted octanol–water partition coefficient (Wildman–Crippen LogP) is 4.89. The lowest BCUT2D eigenvalue weighted by atomic mass is 10.0. The summed E-state index contributed by atoms with van der Waals surface area (Å²) in [6.45, 7) is 7.01. The van der Waals surface area contributed by atoms with Crippen LogP contribution in [0.5, 0.6) is 0 Å². The van der Waals surface area contributed by atoms with E-state index in [0.29, 0.717) is 33.1 Å². The monoisotopic (exact) mass is 436 g/mol. The molecule has 0 aliphatic carbocycles. The van der Waals surface area contributed by atoms with Crippen molar-refractivity contribution < 1.29 is 9.32 Å². The van der Waals surface area contributed by atoms with Gasteiger partial charge in [-0.1, -0.05) is 35.0 Å². The van der Waals surface area contributed by atoms with Crippen molar-refractivity contribution in [2.75, 3.05) is 5.32 Å². The minimum atomic E-state index is -0.346. The second-order valence-corrected chi connectivity index (χ2v) is 7.95. The third-order valence-corrected chi connectivity index (χ3v) is 5.49. The van der Waals surface area contributed by atoms with E-state index in [2.05, 4.69) is 15.6 Å². The van der Waals surface area contributed by atoms with Gasteiger partial charge >= 0.3 is 0 Å². The number of benzene rings is 2. The Morgan fingerprint density at radius 1 is 1.16 bits per heavy atom. The molecule has 0 spiro atoms. The average molecular weight is 437 g/mol. The normalized spacial score (nSPS) is 12.2. The number of nitrogens with zero attached hydrogens (tertiary/aromatic N) is 3. The summed E-state index contributed by atoms with van der Waals surface area (Å²) in [6, 6.07) is 12.5. The molecule has 0 bridgehead atoms. The van der Waals surface area contributed by atoms with Crippen LogP contribution in [0.4, 0.5) is 5.69 Å². The maximum Gasteiger partial charge on any atom is 0.280 e. The Labute approximate surface area is 183 Å². The summed E-state index contributed by atoms with van der Waals surface area (Å²) in [6.07, 6.45) is 0. The summed E-state index contributed by atoms with van der Waals surface area (Å²) < 4.78 is 6.96. The first kappa shape index (κ1) is 20.8. The smallest absolute Gasteiger partial charge is 0.280 e. The van der Waals surface area contributed by atoms with E-state index in [1.54, 1.807) is 19.1 Å². The van der Waals surface area contributed by atoms with E-state index in [9.17, 15) is 9.59 Å². The van der Waals surface area contributed by atoms with Gasteiger partial charge in [-0.2, -0.15) is 5.10 Å².